The lowest BCUT2D eigenvalue weighted by Gasteiger charge is -2.26. The summed E-state index contributed by atoms with van der Waals surface area (Å²) in [7, 11) is -4.25. The molecule has 1 aliphatic heterocycles. The van der Waals surface area contributed by atoms with E-state index in [2.05, 4.69) is 4.99 Å². The van der Waals surface area contributed by atoms with Gasteiger partial charge in [-0.2, -0.15) is 18.4 Å². The van der Waals surface area contributed by atoms with Gasteiger partial charge in [0.2, 0.25) is 12.2 Å². The smallest absolute Gasteiger partial charge is 0.416 e. The van der Waals surface area contributed by atoms with Gasteiger partial charge in [-0.1, -0.05) is 41.4 Å². The minimum atomic E-state index is -4.61. The molecular formula is C30H22ClF3N4O3S. The molecule has 0 spiro atoms. The van der Waals surface area contributed by atoms with Crippen LogP contribution in [-0.4, -0.2) is 25.2 Å². The number of guanidine groups is 1. The molecule has 5 rings (SSSR count). The summed E-state index contributed by atoms with van der Waals surface area (Å²) in [5, 5.41) is 10.1. The Kier molecular flexibility index (Phi) is 7.86. The molecule has 4 aromatic carbocycles. The molecule has 12 heteroatoms. The number of ether oxygens (including phenoxy) is 1. The Morgan fingerprint density at radius 1 is 0.952 bits per heavy atom. The van der Waals surface area contributed by atoms with Gasteiger partial charge in [-0.15, -0.1) is 4.99 Å². The van der Waals surface area contributed by atoms with E-state index in [1.165, 1.54) is 29.2 Å². The number of halogens is 4. The van der Waals surface area contributed by atoms with Gasteiger partial charge >= 0.3 is 6.18 Å². The molecule has 4 aromatic rings. The molecule has 7 nitrogen and oxygen atoms in total. The second kappa shape index (κ2) is 11.4. The molecule has 0 saturated carbocycles. The van der Waals surface area contributed by atoms with Crippen molar-refractivity contribution < 1.29 is 26.3 Å². The molecule has 1 saturated heterocycles. The number of rotatable bonds is 6. The van der Waals surface area contributed by atoms with E-state index in [4.69, 9.17) is 16.3 Å². The number of sulfonamides is 1. The molecule has 1 heterocycles. The lowest BCUT2D eigenvalue weighted by Crippen LogP contribution is -2.38. The maximum absolute atomic E-state index is 13.8. The predicted octanol–water partition coefficient (Wildman–Crippen LogP) is 7.55. The van der Waals surface area contributed by atoms with Gasteiger partial charge in [-0.3, -0.25) is 0 Å². The van der Waals surface area contributed by atoms with E-state index in [1.807, 2.05) is 0 Å². The molecule has 42 heavy (non-hydrogen) atoms. The van der Waals surface area contributed by atoms with Gasteiger partial charge in [-0.25, -0.2) is 12.7 Å². The number of nitriles is 1. The van der Waals surface area contributed by atoms with Crippen molar-refractivity contribution in [2.75, 3.05) is 11.4 Å². The van der Waals surface area contributed by atoms with Crippen LogP contribution in [0.3, 0.4) is 0 Å². The summed E-state index contributed by atoms with van der Waals surface area (Å²) in [5.41, 5.74) is 0.533. The summed E-state index contributed by atoms with van der Waals surface area (Å²) in [5.74, 6) is 0.725. The van der Waals surface area contributed by atoms with E-state index < -0.39 is 27.8 Å². The number of hydrogen-bond donors (Lipinski definition) is 0. The molecule has 1 aliphatic rings. The monoisotopic (exact) mass is 610 g/mol. The van der Waals surface area contributed by atoms with Gasteiger partial charge in [0.15, 0.2) is 0 Å². The quantitative estimate of drug-likeness (QED) is 0.210. The van der Waals surface area contributed by atoms with Gasteiger partial charge in [0, 0.05) is 10.7 Å². The first-order valence-corrected chi connectivity index (χ1v) is 14.4. The molecule has 0 radical (unpaired) electrons. The van der Waals surface area contributed by atoms with Crippen LogP contribution in [0, 0.1) is 18.4 Å². The Labute approximate surface area is 245 Å². The summed E-state index contributed by atoms with van der Waals surface area (Å²) < 4.78 is 75.3. The van der Waals surface area contributed by atoms with Gasteiger partial charge in [0.05, 0.1) is 23.0 Å². The molecule has 1 atom stereocenters. The van der Waals surface area contributed by atoms with Crippen LogP contribution in [0.25, 0.3) is 0 Å². The first-order chi connectivity index (χ1) is 20.0. The number of nitrogens with zero attached hydrogens (tertiary/aromatic N) is 4. The fourth-order valence-electron chi connectivity index (χ4n) is 4.56. The first-order valence-electron chi connectivity index (χ1n) is 12.5. The van der Waals surface area contributed by atoms with Crippen LogP contribution in [0.5, 0.6) is 11.5 Å². The van der Waals surface area contributed by atoms with E-state index in [0.717, 1.165) is 22.0 Å². The summed E-state index contributed by atoms with van der Waals surface area (Å²) in [6.07, 6.45) is -2.96. The molecule has 214 valence electrons. The Morgan fingerprint density at radius 2 is 1.57 bits per heavy atom. The number of anilines is 1. The highest BCUT2D eigenvalue weighted by atomic mass is 35.5. The zero-order chi connectivity index (χ0) is 30.1. The van der Waals surface area contributed by atoms with Gasteiger partial charge in [0.25, 0.3) is 10.0 Å². The SMILES string of the molecule is Cc1ccc(S(=O)(=O)N2C[C@H](c3cccc(C(F)(F)F)c3)N(c3ccc(Oc4ccc(Cl)cc4)cc3)/C2=N\C#N)cc1. The number of benzene rings is 4. The van der Waals surface area contributed by atoms with E-state index >= 15 is 0 Å². The standard InChI is InChI=1S/C30H22ClF3N4O3S/c1-20-5-15-27(16-6-20)42(39,40)37-18-28(21-3-2-4-22(17-21)30(32,33)34)38(29(37)36-19-35)24-9-13-26(14-10-24)41-25-11-7-23(31)8-12-25/h2-17,28H,18H2,1H3/b36-29-/t28-/m1/s1. The van der Waals surface area contributed by atoms with Crippen molar-refractivity contribution in [1.29, 1.82) is 5.26 Å². The maximum Gasteiger partial charge on any atom is 0.416 e. The molecule has 0 bridgehead atoms. The highest BCUT2D eigenvalue weighted by Gasteiger charge is 2.44. The lowest BCUT2D eigenvalue weighted by atomic mass is 10.0. The average molecular weight is 611 g/mol. The molecule has 0 aliphatic carbocycles. The number of hydrogen-bond acceptors (Lipinski definition) is 5. The molecule has 0 unspecified atom stereocenters. The molecular weight excluding hydrogens is 589 g/mol. The largest absolute Gasteiger partial charge is 0.457 e. The van der Waals surface area contributed by atoms with Crippen molar-refractivity contribution in [3.05, 3.63) is 119 Å². The van der Waals surface area contributed by atoms with Crippen LogP contribution in [0.1, 0.15) is 22.7 Å². The minimum Gasteiger partial charge on any atom is -0.457 e. The van der Waals surface area contributed by atoms with Crippen LogP contribution in [-0.2, 0) is 16.2 Å². The van der Waals surface area contributed by atoms with Crippen molar-refractivity contribution in [2.24, 2.45) is 4.99 Å². The van der Waals surface area contributed by atoms with E-state index in [9.17, 15) is 26.9 Å². The molecule has 0 amide bonds. The zero-order valence-electron chi connectivity index (χ0n) is 22.0. The highest BCUT2D eigenvalue weighted by Crippen LogP contribution is 2.40. The van der Waals surface area contributed by atoms with Crippen LogP contribution in [0.15, 0.2) is 107 Å². The second-order valence-electron chi connectivity index (χ2n) is 9.42. The van der Waals surface area contributed by atoms with Crippen molar-refractivity contribution >= 4 is 33.3 Å². The topological polar surface area (TPSA) is 86.0 Å². The highest BCUT2D eigenvalue weighted by molar-refractivity contribution is 7.89. The lowest BCUT2D eigenvalue weighted by molar-refractivity contribution is -0.137. The zero-order valence-corrected chi connectivity index (χ0v) is 23.5. The molecule has 0 aromatic heterocycles. The van der Waals surface area contributed by atoms with E-state index in [0.29, 0.717) is 22.2 Å². The maximum atomic E-state index is 13.8. The van der Waals surface area contributed by atoms with Crippen molar-refractivity contribution in [2.45, 2.75) is 24.0 Å². The van der Waals surface area contributed by atoms with Crippen molar-refractivity contribution in [3.63, 3.8) is 0 Å². The average Bonchev–Trinajstić information content (AvgIpc) is 3.35. The Balaban J connectivity index is 1.59. The fraction of sp³-hybridized carbons (Fsp3) is 0.133. The van der Waals surface area contributed by atoms with E-state index in [-0.39, 0.29) is 23.0 Å². The number of alkyl halides is 3. The predicted molar refractivity (Wildman–Crippen MR) is 153 cm³/mol. The van der Waals surface area contributed by atoms with Gasteiger partial charge in [-0.05, 0) is 85.3 Å². The Bertz CT molecular complexity index is 1770. The molecule has 0 N–H and O–H groups in total. The third-order valence-electron chi connectivity index (χ3n) is 6.61. The summed E-state index contributed by atoms with van der Waals surface area (Å²) in [4.78, 5) is 5.24. The van der Waals surface area contributed by atoms with Crippen LogP contribution in [0.4, 0.5) is 18.9 Å². The van der Waals surface area contributed by atoms with Crippen LogP contribution in [0.2, 0.25) is 5.02 Å². The number of aryl methyl sites for hydroxylation is 1. The van der Waals surface area contributed by atoms with Crippen molar-refractivity contribution in [3.8, 4) is 17.7 Å². The summed E-state index contributed by atoms with van der Waals surface area (Å²) >= 11 is 5.93. The number of aliphatic imine (C=N–C) groups is 1. The van der Waals surface area contributed by atoms with Crippen LogP contribution < -0.4 is 9.64 Å². The first kappa shape index (κ1) is 29.0. The summed E-state index contributed by atoms with van der Waals surface area (Å²) in [6, 6.07) is 23.0. The van der Waals surface area contributed by atoms with Crippen LogP contribution >= 0.6 is 11.6 Å². The third kappa shape index (κ3) is 5.91. The molecule has 1 fully saturated rings. The minimum absolute atomic E-state index is 0.0462. The Hall–Kier alpha value is -4.53. The van der Waals surface area contributed by atoms with Gasteiger partial charge in [0.1, 0.15) is 11.5 Å². The Morgan fingerprint density at radius 3 is 2.17 bits per heavy atom. The van der Waals surface area contributed by atoms with Gasteiger partial charge < -0.3 is 9.64 Å². The second-order valence-corrected chi connectivity index (χ2v) is 11.7. The normalized spacial score (nSPS) is 16.5. The van der Waals surface area contributed by atoms with E-state index in [1.54, 1.807) is 73.8 Å². The third-order valence-corrected chi connectivity index (χ3v) is 8.62. The fourth-order valence-corrected chi connectivity index (χ4v) is 6.10. The van der Waals surface area contributed by atoms with Crippen molar-refractivity contribution in [1.82, 2.24) is 4.31 Å². The summed E-state index contributed by atoms with van der Waals surface area (Å²) in [6.45, 7) is 1.52.